The van der Waals surface area contributed by atoms with Gasteiger partial charge in [-0.1, -0.05) is 12.1 Å². The Morgan fingerprint density at radius 1 is 1.33 bits per heavy atom. The van der Waals surface area contributed by atoms with Crippen LogP contribution in [0, 0.1) is 0 Å². The SMILES string of the molecule is COc1ccc(/C=N/NC(=O)C2COc3ccccc3O2)c(O)c1. The minimum atomic E-state index is -0.790. The lowest BCUT2D eigenvalue weighted by Gasteiger charge is -2.24. The summed E-state index contributed by atoms with van der Waals surface area (Å²) in [5, 5.41) is 13.6. The molecule has 0 radical (unpaired) electrons. The molecular formula is C17H16N2O5. The van der Waals surface area contributed by atoms with Gasteiger partial charge in [0.25, 0.3) is 5.91 Å². The number of carbonyl (C=O) groups is 1. The number of carbonyl (C=O) groups excluding carboxylic acids is 1. The average molecular weight is 328 g/mol. The van der Waals surface area contributed by atoms with Gasteiger partial charge in [0, 0.05) is 11.6 Å². The predicted molar refractivity (Wildman–Crippen MR) is 86.7 cm³/mol. The number of para-hydroxylation sites is 2. The molecule has 1 amide bonds. The van der Waals surface area contributed by atoms with Crippen molar-refractivity contribution in [3.8, 4) is 23.0 Å². The number of aromatic hydroxyl groups is 1. The first-order valence-corrected chi connectivity index (χ1v) is 7.26. The minimum Gasteiger partial charge on any atom is -0.507 e. The lowest BCUT2D eigenvalue weighted by molar-refractivity contribution is -0.130. The van der Waals surface area contributed by atoms with Crippen molar-refractivity contribution in [1.29, 1.82) is 0 Å². The Kier molecular flexibility index (Phi) is 4.51. The monoisotopic (exact) mass is 328 g/mol. The first-order valence-electron chi connectivity index (χ1n) is 7.26. The van der Waals surface area contributed by atoms with Gasteiger partial charge >= 0.3 is 0 Å². The molecule has 2 aromatic rings. The van der Waals surface area contributed by atoms with E-state index in [4.69, 9.17) is 14.2 Å². The molecule has 124 valence electrons. The average Bonchev–Trinajstić information content (AvgIpc) is 2.62. The molecule has 0 aliphatic carbocycles. The first-order chi connectivity index (χ1) is 11.7. The van der Waals surface area contributed by atoms with Gasteiger partial charge in [-0.15, -0.1) is 0 Å². The van der Waals surface area contributed by atoms with Crippen LogP contribution in [0.25, 0.3) is 0 Å². The van der Waals surface area contributed by atoms with Gasteiger partial charge < -0.3 is 19.3 Å². The van der Waals surface area contributed by atoms with Crippen molar-refractivity contribution in [1.82, 2.24) is 5.43 Å². The van der Waals surface area contributed by atoms with Gasteiger partial charge in [-0.25, -0.2) is 5.43 Å². The van der Waals surface area contributed by atoms with Crippen LogP contribution in [-0.4, -0.2) is 37.0 Å². The van der Waals surface area contributed by atoms with Crippen molar-refractivity contribution in [2.24, 2.45) is 5.10 Å². The van der Waals surface area contributed by atoms with Crippen LogP contribution in [0.15, 0.2) is 47.6 Å². The van der Waals surface area contributed by atoms with E-state index in [-0.39, 0.29) is 12.4 Å². The summed E-state index contributed by atoms with van der Waals surface area (Å²) < 4.78 is 16.0. The summed E-state index contributed by atoms with van der Waals surface area (Å²) in [6.45, 7) is 0.103. The number of rotatable bonds is 4. The lowest BCUT2D eigenvalue weighted by Crippen LogP contribution is -2.42. The van der Waals surface area contributed by atoms with Crippen molar-refractivity contribution in [3.63, 3.8) is 0 Å². The zero-order valence-electron chi connectivity index (χ0n) is 12.9. The van der Waals surface area contributed by atoms with E-state index in [2.05, 4.69) is 10.5 Å². The molecule has 0 saturated heterocycles. The quantitative estimate of drug-likeness (QED) is 0.658. The van der Waals surface area contributed by atoms with Gasteiger partial charge in [0.2, 0.25) is 6.10 Å². The third-order valence-corrected chi connectivity index (χ3v) is 3.42. The number of amides is 1. The van der Waals surface area contributed by atoms with Gasteiger partial charge in [-0.3, -0.25) is 4.79 Å². The molecule has 2 N–H and O–H groups in total. The van der Waals surface area contributed by atoms with Crippen LogP contribution < -0.4 is 19.6 Å². The van der Waals surface area contributed by atoms with Crippen molar-refractivity contribution < 1.29 is 24.1 Å². The Bertz CT molecular complexity index is 775. The Morgan fingerprint density at radius 3 is 2.88 bits per heavy atom. The Hall–Kier alpha value is -3.22. The summed E-state index contributed by atoms with van der Waals surface area (Å²) in [6, 6.07) is 11.9. The number of ether oxygens (including phenoxy) is 3. The normalized spacial score (nSPS) is 16.0. The highest BCUT2D eigenvalue weighted by Gasteiger charge is 2.26. The molecule has 0 aromatic heterocycles. The van der Waals surface area contributed by atoms with Gasteiger partial charge in [-0.2, -0.15) is 5.10 Å². The Labute approximate surface area is 138 Å². The third-order valence-electron chi connectivity index (χ3n) is 3.42. The topological polar surface area (TPSA) is 89.4 Å². The number of methoxy groups -OCH3 is 1. The fraction of sp³-hybridized carbons (Fsp3) is 0.176. The second-order valence-electron chi connectivity index (χ2n) is 5.02. The number of phenolic OH excluding ortho intramolecular Hbond substituents is 1. The number of nitrogens with zero attached hydrogens (tertiary/aromatic N) is 1. The summed E-state index contributed by atoms with van der Waals surface area (Å²) in [5.41, 5.74) is 2.82. The number of benzene rings is 2. The molecule has 7 heteroatoms. The maximum Gasteiger partial charge on any atom is 0.284 e. The summed E-state index contributed by atoms with van der Waals surface area (Å²) in [6.07, 6.45) is 0.547. The maximum atomic E-state index is 12.1. The molecule has 1 unspecified atom stereocenters. The van der Waals surface area contributed by atoms with E-state index in [1.165, 1.54) is 19.4 Å². The van der Waals surface area contributed by atoms with Crippen LogP contribution in [-0.2, 0) is 4.79 Å². The van der Waals surface area contributed by atoms with E-state index in [9.17, 15) is 9.90 Å². The molecule has 7 nitrogen and oxygen atoms in total. The zero-order valence-corrected chi connectivity index (χ0v) is 12.9. The van der Waals surface area contributed by atoms with E-state index in [0.717, 1.165) is 0 Å². The summed E-state index contributed by atoms with van der Waals surface area (Å²) in [5.74, 6) is 1.21. The summed E-state index contributed by atoms with van der Waals surface area (Å²) in [4.78, 5) is 12.1. The summed E-state index contributed by atoms with van der Waals surface area (Å²) >= 11 is 0. The maximum absolute atomic E-state index is 12.1. The molecule has 2 aromatic carbocycles. The van der Waals surface area contributed by atoms with Crippen molar-refractivity contribution in [2.45, 2.75) is 6.10 Å². The standard InChI is InChI=1S/C17H16N2O5/c1-22-12-7-6-11(13(20)8-12)9-18-19-17(21)16-10-23-14-4-2-3-5-15(14)24-16/h2-9,16,20H,10H2,1H3,(H,19,21)/b18-9+. The molecule has 0 saturated carbocycles. The summed E-state index contributed by atoms with van der Waals surface area (Å²) in [7, 11) is 1.51. The molecule has 1 atom stereocenters. The number of hydrogen-bond donors (Lipinski definition) is 2. The van der Waals surface area contributed by atoms with E-state index >= 15 is 0 Å². The molecule has 0 fully saturated rings. The van der Waals surface area contributed by atoms with Crippen LogP contribution in [0.1, 0.15) is 5.56 Å². The fourth-order valence-corrected chi connectivity index (χ4v) is 2.15. The van der Waals surface area contributed by atoms with E-state index in [1.54, 1.807) is 30.3 Å². The molecule has 0 spiro atoms. The van der Waals surface area contributed by atoms with E-state index in [0.29, 0.717) is 22.8 Å². The van der Waals surface area contributed by atoms with Gasteiger partial charge in [0.1, 0.15) is 18.1 Å². The molecule has 1 heterocycles. The molecule has 1 aliphatic heterocycles. The van der Waals surface area contributed by atoms with Crippen LogP contribution in [0.3, 0.4) is 0 Å². The van der Waals surface area contributed by atoms with Crippen molar-refractivity contribution in [2.75, 3.05) is 13.7 Å². The van der Waals surface area contributed by atoms with Crippen LogP contribution in [0.5, 0.6) is 23.0 Å². The molecule has 3 rings (SSSR count). The van der Waals surface area contributed by atoms with Crippen LogP contribution in [0.4, 0.5) is 0 Å². The minimum absolute atomic E-state index is 0.00136. The molecule has 1 aliphatic rings. The van der Waals surface area contributed by atoms with Gasteiger partial charge in [0.05, 0.1) is 13.3 Å². The third kappa shape index (κ3) is 3.40. The lowest BCUT2D eigenvalue weighted by atomic mass is 10.2. The molecule has 24 heavy (non-hydrogen) atoms. The number of phenols is 1. The van der Waals surface area contributed by atoms with Crippen LogP contribution >= 0.6 is 0 Å². The highest BCUT2D eigenvalue weighted by molar-refractivity contribution is 5.86. The second kappa shape index (κ2) is 6.91. The molecule has 0 bridgehead atoms. The van der Waals surface area contributed by atoms with E-state index in [1.807, 2.05) is 6.07 Å². The van der Waals surface area contributed by atoms with E-state index < -0.39 is 12.0 Å². The Morgan fingerprint density at radius 2 is 2.12 bits per heavy atom. The number of hydrazone groups is 1. The van der Waals surface area contributed by atoms with Crippen molar-refractivity contribution in [3.05, 3.63) is 48.0 Å². The zero-order chi connectivity index (χ0) is 16.9. The number of fused-ring (bicyclic) bond motifs is 1. The second-order valence-corrected chi connectivity index (χ2v) is 5.02. The van der Waals surface area contributed by atoms with Gasteiger partial charge in [-0.05, 0) is 24.3 Å². The number of hydrogen-bond acceptors (Lipinski definition) is 6. The predicted octanol–water partition coefficient (Wildman–Crippen LogP) is 1.69. The smallest absolute Gasteiger partial charge is 0.284 e. The number of nitrogens with one attached hydrogen (secondary N) is 1. The largest absolute Gasteiger partial charge is 0.507 e. The molecular weight excluding hydrogens is 312 g/mol. The fourth-order valence-electron chi connectivity index (χ4n) is 2.15. The van der Waals surface area contributed by atoms with Crippen molar-refractivity contribution >= 4 is 12.1 Å². The highest BCUT2D eigenvalue weighted by atomic mass is 16.6. The Balaban J connectivity index is 1.60. The van der Waals surface area contributed by atoms with Crippen LogP contribution in [0.2, 0.25) is 0 Å². The van der Waals surface area contributed by atoms with Gasteiger partial charge in [0.15, 0.2) is 11.5 Å². The highest BCUT2D eigenvalue weighted by Crippen LogP contribution is 2.30. The first kappa shape index (κ1) is 15.7.